The lowest BCUT2D eigenvalue weighted by molar-refractivity contribution is 0.299. The molecule has 10 nitrogen and oxygen atoms in total. The lowest BCUT2D eigenvalue weighted by Gasteiger charge is -2.13. The standard InChI is InChI=1S/C24H20FN9O/c1-14-3-5-22(31-30-14)28-19-11-20-21(10-18(19)25)33(13-27-20)23-6-4-16(7-8-35)24(29-23)34-15(2)9-17(12-26)32-34/h3-6,9-11,13,35H,7-8H2,1-2H3,(H,28,31). The summed E-state index contributed by atoms with van der Waals surface area (Å²) < 4.78 is 18.3. The van der Waals surface area contributed by atoms with Crippen molar-refractivity contribution in [2.45, 2.75) is 20.3 Å². The number of nitrogens with one attached hydrogen (secondary N) is 1. The first kappa shape index (κ1) is 22.1. The number of aryl methyl sites for hydroxylation is 2. The van der Waals surface area contributed by atoms with Gasteiger partial charge in [-0.25, -0.2) is 19.0 Å². The van der Waals surface area contributed by atoms with E-state index in [0.29, 0.717) is 34.9 Å². The Morgan fingerprint density at radius 1 is 1.11 bits per heavy atom. The number of pyridine rings is 1. The van der Waals surface area contributed by atoms with Gasteiger partial charge in [0.2, 0.25) is 0 Å². The van der Waals surface area contributed by atoms with E-state index >= 15 is 4.39 Å². The van der Waals surface area contributed by atoms with Gasteiger partial charge in [-0.2, -0.15) is 15.5 Å². The molecule has 5 aromatic rings. The van der Waals surface area contributed by atoms with Crippen LogP contribution in [-0.2, 0) is 6.42 Å². The minimum absolute atomic E-state index is 0.0696. The summed E-state index contributed by atoms with van der Waals surface area (Å²) in [6.07, 6.45) is 1.92. The summed E-state index contributed by atoms with van der Waals surface area (Å²) in [4.78, 5) is 9.16. The minimum Gasteiger partial charge on any atom is -0.396 e. The van der Waals surface area contributed by atoms with Crippen molar-refractivity contribution in [3.05, 3.63) is 77.3 Å². The lowest BCUT2D eigenvalue weighted by atomic mass is 10.2. The van der Waals surface area contributed by atoms with Crippen molar-refractivity contribution in [2.24, 2.45) is 0 Å². The van der Waals surface area contributed by atoms with Crippen LogP contribution in [0.4, 0.5) is 15.9 Å². The van der Waals surface area contributed by atoms with Crippen molar-refractivity contribution in [2.75, 3.05) is 11.9 Å². The SMILES string of the molecule is Cc1ccc(Nc2cc3ncn(-c4ccc(CCO)c(-n5nc(C#N)cc5C)n4)c3cc2F)nn1. The second kappa shape index (κ2) is 8.92. The Labute approximate surface area is 199 Å². The van der Waals surface area contributed by atoms with Gasteiger partial charge in [0.15, 0.2) is 17.3 Å². The third-order valence-corrected chi connectivity index (χ3v) is 5.47. The molecule has 0 aliphatic heterocycles. The first-order chi connectivity index (χ1) is 17.0. The van der Waals surface area contributed by atoms with Crippen LogP contribution in [0.1, 0.15) is 22.6 Å². The smallest absolute Gasteiger partial charge is 0.163 e. The number of benzene rings is 1. The van der Waals surface area contributed by atoms with Gasteiger partial charge in [-0.15, -0.1) is 5.10 Å². The number of hydrogen-bond donors (Lipinski definition) is 2. The van der Waals surface area contributed by atoms with E-state index < -0.39 is 5.82 Å². The zero-order chi connectivity index (χ0) is 24.5. The molecule has 2 N–H and O–H groups in total. The van der Waals surface area contributed by atoms with Crippen LogP contribution in [-0.4, -0.2) is 46.2 Å². The molecule has 4 aromatic heterocycles. The van der Waals surface area contributed by atoms with Gasteiger partial charge in [0.25, 0.3) is 0 Å². The van der Waals surface area contributed by atoms with Gasteiger partial charge in [0.1, 0.15) is 24.0 Å². The van der Waals surface area contributed by atoms with Crippen molar-refractivity contribution >= 4 is 22.5 Å². The monoisotopic (exact) mass is 469 g/mol. The highest BCUT2D eigenvalue weighted by atomic mass is 19.1. The van der Waals surface area contributed by atoms with E-state index in [2.05, 4.69) is 25.6 Å². The molecule has 0 aliphatic rings. The van der Waals surface area contributed by atoms with Crippen LogP contribution in [0.3, 0.4) is 0 Å². The van der Waals surface area contributed by atoms with Crippen LogP contribution in [0.5, 0.6) is 0 Å². The van der Waals surface area contributed by atoms with E-state index in [9.17, 15) is 10.4 Å². The van der Waals surface area contributed by atoms with E-state index in [1.807, 2.05) is 26.0 Å². The van der Waals surface area contributed by atoms with Crippen LogP contribution in [0.15, 0.2) is 48.8 Å². The van der Waals surface area contributed by atoms with Crippen molar-refractivity contribution in [1.29, 1.82) is 5.26 Å². The number of aliphatic hydroxyl groups excluding tert-OH is 1. The number of fused-ring (bicyclic) bond motifs is 1. The number of anilines is 2. The third-order valence-electron chi connectivity index (χ3n) is 5.47. The van der Waals surface area contributed by atoms with Gasteiger partial charge in [-0.3, -0.25) is 4.57 Å². The van der Waals surface area contributed by atoms with Crippen LogP contribution < -0.4 is 5.32 Å². The Kier molecular flexibility index (Phi) is 5.64. The van der Waals surface area contributed by atoms with E-state index in [-0.39, 0.29) is 18.0 Å². The molecule has 0 fully saturated rings. The number of imidazole rings is 1. The molecule has 174 valence electrons. The highest BCUT2D eigenvalue weighted by Gasteiger charge is 2.16. The number of nitrogens with zero attached hydrogens (tertiary/aromatic N) is 8. The molecule has 0 unspecified atom stereocenters. The van der Waals surface area contributed by atoms with Gasteiger partial charge < -0.3 is 10.4 Å². The molecule has 0 radical (unpaired) electrons. The summed E-state index contributed by atoms with van der Waals surface area (Å²) in [6, 6.07) is 13.8. The van der Waals surface area contributed by atoms with Gasteiger partial charge in [-0.1, -0.05) is 6.07 Å². The zero-order valence-corrected chi connectivity index (χ0v) is 18.9. The maximum atomic E-state index is 15.0. The Balaban J connectivity index is 1.57. The third kappa shape index (κ3) is 4.18. The molecule has 0 saturated heterocycles. The highest BCUT2D eigenvalue weighted by molar-refractivity contribution is 5.82. The van der Waals surface area contributed by atoms with Crippen LogP contribution in [0, 0.1) is 31.0 Å². The topological polar surface area (TPSA) is 130 Å². The molecular weight excluding hydrogens is 449 g/mol. The molecule has 1 aromatic carbocycles. The average Bonchev–Trinajstić information content (AvgIpc) is 3.44. The van der Waals surface area contributed by atoms with Gasteiger partial charge in [0, 0.05) is 18.4 Å². The molecular formula is C24H20FN9O. The first-order valence-electron chi connectivity index (χ1n) is 10.8. The maximum Gasteiger partial charge on any atom is 0.163 e. The summed E-state index contributed by atoms with van der Waals surface area (Å²) in [5.74, 6) is 0.905. The quantitative estimate of drug-likeness (QED) is 0.387. The molecule has 5 rings (SSSR count). The van der Waals surface area contributed by atoms with E-state index in [4.69, 9.17) is 4.98 Å². The molecule has 11 heteroatoms. The number of aromatic nitrogens is 7. The Morgan fingerprint density at radius 3 is 2.69 bits per heavy atom. The first-order valence-corrected chi connectivity index (χ1v) is 10.8. The molecule has 4 heterocycles. The maximum absolute atomic E-state index is 15.0. The summed E-state index contributed by atoms with van der Waals surface area (Å²) in [7, 11) is 0. The molecule has 0 saturated carbocycles. The number of halogens is 1. The molecule has 0 aliphatic carbocycles. The van der Waals surface area contributed by atoms with Crippen molar-refractivity contribution in [3.63, 3.8) is 0 Å². The van der Waals surface area contributed by atoms with Crippen molar-refractivity contribution in [1.82, 2.24) is 34.5 Å². The van der Waals surface area contributed by atoms with Gasteiger partial charge in [-0.05, 0) is 56.2 Å². The fraction of sp³-hybridized carbons (Fsp3) is 0.167. The largest absolute Gasteiger partial charge is 0.396 e. The lowest BCUT2D eigenvalue weighted by Crippen LogP contribution is -2.10. The molecule has 35 heavy (non-hydrogen) atoms. The van der Waals surface area contributed by atoms with Crippen molar-refractivity contribution in [3.8, 4) is 17.7 Å². The minimum atomic E-state index is -0.486. The fourth-order valence-corrected chi connectivity index (χ4v) is 3.76. The Hall–Kier alpha value is -4.69. The molecule has 0 bridgehead atoms. The van der Waals surface area contributed by atoms with Crippen LogP contribution in [0.25, 0.3) is 22.7 Å². The van der Waals surface area contributed by atoms with Crippen LogP contribution in [0.2, 0.25) is 0 Å². The molecule has 0 amide bonds. The summed E-state index contributed by atoms with van der Waals surface area (Å²) in [6.45, 7) is 3.57. The highest BCUT2D eigenvalue weighted by Crippen LogP contribution is 2.27. The second-order valence-corrected chi connectivity index (χ2v) is 7.94. The Morgan fingerprint density at radius 2 is 1.97 bits per heavy atom. The molecule has 0 spiro atoms. The van der Waals surface area contributed by atoms with E-state index in [1.165, 1.54) is 6.07 Å². The van der Waals surface area contributed by atoms with Crippen molar-refractivity contribution < 1.29 is 9.50 Å². The number of hydrogen-bond acceptors (Lipinski definition) is 8. The number of nitriles is 1. The summed E-state index contributed by atoms with van der Waals surface area (Å²) >= 11 is 0. The second-order valence-electron chi connectivity index (χ2n) is 7.94. The number of rotatable bonds is 6. The summed E-state index contributed by atoms with van der Waals surface area (Å²) in [5, 5.41) is 34.0. The predicted molar refractivity (Wildman–Crippen MR) is 126 cm³/mol. The fourth-order valence-electron chi connectivity index (χ4n) is 3.76. The van der Waals surface area contributed by atoms with E-state index in [1.54, 1.807) is 45.9 Å². The number of aliphatic hydroxyl groups is 1. The van der Waals surface area contributed by atoms with Gasteiger partial charge >= 0.3 is 0 Å². The average molecular weight is 469 g/mol. The summed E-state index contributed by atoms with van der Waals surface area (Å²) in [5.41, 5.74) is 3.80. The van der Waals surface area contributed by atoms with E-state index in [0.717, 1.165) is 17.0 Å². The van der Waals surface area contributed by atoms with Gasteiger partial charge in [0.05, 0.1) is 22.4 Å². The molecule has 0 atom stereocenters. The predicted octanol–water partition coefficient (Wildman–Crippen LogP) is 3.30. The zero-order valence-electron chi connectivity index (χ0n) is 18.9. The van der Waals surface area contributed by atoms with Crippen LogP contribution >= 0.6 is 0 Å². The normalized spacial score (nSPS) is 11.1. The Bertz CT molecular complexity index is 1580.